The molecular weight excluding hydrogens is 396 g/mol. The lowest BCUT2D eigenvalue weighted by Gasteiger charge is -2.22. The van der Waals surface area contributed by atoms with Crippen molar-refractivity contribution in [3.8, 4) is 11.5 Å². The van der Waals surface area contributed by atoms with E-state index in [2.05, 4.69) is 10.1 Å². The van der Waals surface area contributed by atoms with Crippen LogP contribution in [0.25, 0.3) is 0 Å². The molecule has 0 spiro atoms. The summed E-state index contributed by atoms with van der Waals surface area (Å²) in [6, 6.07) is 2.71. The van der Waals surface area contributed by atoms with Gasteiger partial charge in [-0.05, 0) is 43.9 Å². The molecule has 2 atom stereocenters. The molecule has 2 rings (SSSR count). The van der Waals surface area contributed by atoms with Crippen LogP contribution in [0.3, 0.4) is 0 Å². The van der Waals surface area contributed by atoms with E-state index in [0.717, 1.165) is 32.8 Å². The van der Waals surface area contributed by atoms with Gasteiger partial charge < -0.3 is 30.4 Å². The molecule has 0 heterocycles. The van der Waals surface area contributed by atoms with Crippen LogP contribution in [0, 0.1) is 5.92 Å². The third-order valence-electron chi connectivity index (χ3n) is 4.96. The Morgan fingerprint density at radius 3 is 2.37 bits per heavy atom. The third-order valence-corrected chi connectivity index (χ3v) is 4.96. The summed E-state index contributed by atoms with van der Waals surface area (Å²) in [6.07, 6.45) is 3.35. The minimum absolute atomic E-state index is 0.0169. The lowest BCUT2D eigenvalue weighted by molar-refractivity contribution is -0.148. The first-order valence-electron chi connectivity index (χ1n) is 9.51. The smallest absolute Gasteiger partial charge is 0.327 e. The van der Waals surface area contributed by atoms with Crippen molar-refractivity contribution in [1.82, 2.24) is 5.32 Å². The molecule has 1 unspecified atom stereocenters. The minimum Gasteiger partial charge on any atom is -0.493 e. The Balaban J connectivity index is 2.23. The number of carbonyl (C=O) groups excluding carboxylic acids is 3. The maximum atomic E-state index is 12.7. The Morgan fingerprint density at radius 2 is 1.83 bits per heavy atom. The van der Waals surface area contributed by atoms with Crippen LogP contribution in [0.4, 0.5) is 0 Å². The molecule has 10 nitrogen and oxygen atoms in total. The van der Waals surface area contributed by atoms with Crippen molar-refractivity contribution in [2.24, 2.45) is 11.7 Å². The maximum absolute atomic E-state index is 12.7. The van der Waals surface area contributed by atoms with Crippen molar-refractivity contribution in [1.29, 1.82) is 0 Å². The monoisotopic (exact) mass is 422 g/mol. The van der Waals surface area contributed by atoms with Gasteiger partial charge in [0.2, 0.25) is 5.91 Å². The topological polar surface area (TPSA) is 154 Å². The van der Waals surface area contributed by atoms with Gasteiger partial charge in [-0.1, -0.05) is 0 Å². The number of nitrogens with two attached hydrogens (primary N) is 1. The molecule has 0 aliphatic heterocycles. The molecule has 1 fully saturated rings. The van der Waals surface area contributed by atoms with E-state index in [1.54, 1.807) is 0 Å². The second-order valence-corrected chi connectivity index (χ2v) is 6.97. The van der Waals surface area contributed by atoms with Crippen LogP contribution >= 0.6 is 0 Å². The van der Waals surface area contributed by atoms with E-state index in [4.69, 9.17) is 15.2 Å². The van der Waals surface area contributed by atoms with Crippen molar-refractivity contribution in [2.75, 3.05) is 14.2 Å². The molecular formula is C20H26N2O8. The fourth-order valence-electron chi connectivity index (χ4n) is 3.30. The first-order chi connectivity index (χ1) is 14.3. The van der Waals surface area contributed by atoms with Crippen LogP contribution in [-0.2, 0) is 19.1 Å². The molecule has 1 aromatic carbocycles. The lowest BCUT2D eigenvalue weighted by Crippen LogP contribution is -2.50. The standard InChI is InChI=1S/C20H26N2O8/c1-28-14-8-7-11(9-15(14)30-12-5-3-4-6-12)19(25)22-17(20(26)27)13(18(21)24)10-16(23)29-2/h7-9,12-13,17H,3-6,10H2,1-2H3,(H2,21,24)(H,22,25)(H,26,27)/t13?,17-/m0/s1. The Hall–Kier alpha value is -3.30. The molecule has 1 aliphatic carbocycles. The zero-order valence-electron chi connectivity index (χ0n) is 16.9. The molecule has 0 aromatic heterocycles. The molecule has 1 aromatic rings. The average Bonchev–Trinajstić information content (AvgIpc) is 3.22. The van der Waals surface area contributed by atoms with E-state index in [1.165, 1.54) is 25.3 Å². The number of esters is 1. The largest absolute Gasteiger partial charge is 0.493 e. The summed E-state index contributed by atoms with van der Waals surface area (Å²) >= 11 is 0. The number of ether oxygens (including phenoxy) is 3. The van der Waals surface area contributed by atoms with E-state index in [-0.39, 0.29) is 11.7 Å². The first-order valence-corrected chi connectivity index (χ1v) is 9.51. The van der Waals surface area contributed by atoms with Crippen molar-refractivity contribution < 1.29 is 38.5 Å². The molecule has 1 aliphatic rings. The number of primary amides is 1. The molecule has 164 valence electrons. The summed E-state index contributed by atoms with van der Waals surface area (Å²) in [7, 11) is 2.57. The van der Waals surface area contributed by atoms with Crippen LogP contribution in [0.5, 0.6) is 11.5 Å². The van der Waals surface area contributed by atoms with Crippen LogP contribution in [0.15, 0.2) is 18.2 Å². The molecule has 10 heteroatoms. The van der Waals surface area contributed by atoms with Gasteiger partial charge in [-0.25, -0.2) is 4.79 Å². The van der Waals surface area contributed by atoms with Gasteiger partial charge in [-0.15, -0.1) is 0 Å². The number of carboxylic acid groups (broad SMARTS) is 1. The summed E-state index contributed by atoms with van der Waals surface area (Å²) in [5, 5.41) is 11.7. The van der Waals surface area contributed by atoms with E-state index in [0.29, 0.717) is 11.5 Å². The number of rotatable bonds is 10. The molecule has 0 radical (unpaired) electrons. The highest BCUT2D eigenvalue weighted by Gasteiger charge is 2.36. The van der Waals surface area contributed by atoms with Crippen LogP contribution in [0.1, 0.15) is 42.5 Å². The predicted molar refractivity (Wildman–Crippen MR) is 104 cm³/mol. The number of hydrogen-bond donors (Lipinski definition) is 3. The van der Waals surface area contributed by atoms with Crippen molar-refractivity contribution in [2.45, 2.75) is 44.2 Å². The summed E-state index contributed by atoms with van der Waals surface area (Å²) in [5.74, 6) is -4.82. The van der Waals surface area contributed by atoms with Gasteiger partial charge >= 0.3 is 11.9 Å². The van der Waals surface area contributed by atoms with Gasteiger partial charge in [0.1, 0.15) is 6.04 Å². The van der Waals surface area contributed by atoms with E-state index in [1.807, 2.05) is 0 Å². The van der Waals surface area contributed by atoms with Crippen molar-refractivity contribution in [3.05, 3.63) is 23.8 Å². The Kier molecular flexibility index (Phi) is 8.02. The zero-order valence-corrected chi connectivity index (χ0v) is 16.9. The lowest BCUT2D eigenvalue weighted by atomic mass is 9.95. The highest BCUT2D eigenvalue weighted by atomic mass is 16.5. The van der Waals surface area contributed by atoms with E-state index in [9.17, 15) is 24.3 Å². The Bertz CT molecular complexity index is 804. The fourth-order valence-corrected chi connectivity index (χ4v) is 3.30. The second kappa shape index (κ2) is 10.5. The quantitative estimate of drug-likeness (QED) is 0.469. The van der Waals surface area contributed by atoms with Crippen LogP contribution in [-0.4, -0.2) is 55.2 Å². The van der Waals surface area contributed by atoms with Crippen LogP contribution < -0.4 is 20.5 Å². The number of aliphatic carboxylic acids is 1. The average molecular weight is 422 g/mol. The highest BCUT2D eigenvalue weighted by molar-refractivity contribution is 5.99. The molecule has 30 heavy (non-hydrogen) atoms. The van der Waals surface area contributed by atoms with Gasteiger partial charge in [0, 0.05) is 5.56 Å². The number of nitrogens with one attached hydrogen (secondary N) is 1. The Labute approximate surface area is 173 Å². The third kappa shape index (κ3) is 5.85. The summed E-state index contributed by atoms with van der Waals surface area (Å²) in [4.78, 5) is 47.6. The molecule has 4 N–H and O–H groups in total. The number of methoxy groups -OCH3 is 2. The minimum atomic E-state index is -1.71. The van der Waals surface area contributed by atoms with Gasteiger partial charge in [0.15, 0.2) is 11.5 Å². The summed E-state index contributed by atoms with van der Waals surface area (Å²) in [5.41, 5.74) is 5.36. The van der Waals surface area contributed by atoms with Gasteiger partial charge in [-0.2, -0.15) is 0 Å². The molecule has 0 bridgehead atoms. The highest BCUT2D eigenvalue weighted by Crippen LogP contribution is 2.32. The second-order valence-electron chi connectivity index (χ2n) is 6.97. The number of carbonyl (C=O) groups is 4. The number of hydrogen-bond acceptors (Lipinski definition) is 7. The van der Waals surface area contributed by atoms with Crippen LogP contribution in [0.2, 0.25) is 0 Å². The molecule has 1 saturated carbocycles. The van der Waals surface area contributed by atoms with Gasteiger partial charge in [0.25, 0.3) is 5.91 Å². The Morgan fingerprint density at radius 1 is 1.17 bits per heavy atom. The summed E-state index contributed by atoms with van der Waals surface area (Å²) < 4.78 is 15.7. The molecule has 2 amide bonds. The fraction of sp³-hybridized carbons (Fsp3) is 0.500. The number of benzene rings is 1. The SMILES string of the molecule is COC(=O)CC(C(N)=O)[C@H](NC(=O)c1ccc(OC)c(OC2CCCC2)c1)C(=O)O. The van der Waals surface area contributed by atoms with Crippen molar-refractivity contribution >= 4 is 23.8 Å². The van der Waals surface area contributed by atoms with Crippen molar-refractivity contribution in [3.63, 3.8) is 0 Å². The maximum Gasteiger partial charge on any atom is 0.327 e. The summed E-state index contributed by atoms with van der Waals surface area (Å²) in [6.45, 7) is 0. The predicted octanol–water partition coefficient (Wildman–Crippen LogP) is 0.864. The zero-order chi connectivity index (χ0) is 22.3. The number of carboxylic acids is 1. The van der Waals surface area contributed by atoms with E-state index < -0.39 is 42.1 Å². The first kappa shape index (κ1) is 23.0. The molecule has 0 saturated heterocycles. The normalized spacial score (nSPS) is 15.7. The van der Waals surface area contributed by atoms with Gasteiger partial charge in [-0.3, -0.25) is 14.4 Å². The van der Waals surface area contributed by atoms with E-state index >= 15 is 0 Å². The number of amides is 2. The van der Waals surface area contributed by atoms with Gasteiger partial charge in [0.05, 0.1) is 32.7 Å².